The van der Waals surface area contributed by atoms with Gasteiger partial charge in [0.05, 0.1) is 23.7 Å². The van der Waals surface area contributed by atoms with Gasteiger partial charge in [0, 0.05) is 5.02 Å². The Kier molecular flexibility index (Phi) is 3.27. The highest BCUT2D eigenvalue weighted by Crippen LogP contribution is 2.15. The summed E-state index contributed by atoms with van der Waals surface area (Å²) < 4.78 is 6.14. The van der Waals surface area contributed by atoms with Crippen molar-refractivity contribution in [3.63, 3.8) is 0 Å². The first-order chi connectivity index (χ1) is 10.1. The molecule has 0 bridgehead atoms. The number of methoxy groups -OCH3 is 1. The number of halogens is 1. The molecule has 1 heterocycles. The molecule has 0 aliphatic heterocycles. The molecule has 1 aromatic heterocycles. The summed E-state index contributed by atoms with van der Waals surface area (Å²) in [7, 11) is 1.55. The van der Waals surface area contributed by atoms with Crippen LogP contribution in [0.3, 0.4) is 0 Å². The smallest absolute Gasteiger partial charge is 0.333 e. The van der Waals surface area contributed by atoms with Crippen molar-refractivity contribution in [3.05, 3.63) is 68.3 Å². The second kappa shape index (κ2) is 5.10. The standard InChI is InChI=1S/C15H11ClN2O3/c1-21-11-5-3-10(4-6-11)18-14(19)12-7-2-9(16)8-13(12)17-15(18)20/h2-8H,1H3,(H,17,20). The molecule has 2 aromatic carbocycles. The molecule has 0 fully saturated rings. The van der Waals surface area contributed by atoms with Crippen LogP contribution >= 0.6 is 11.6 Å². The summed E-state index contributed by atoms with van der Waals surface area (Å²) in [5.74, 6) is 0.649. The van der Waals surface area contributed by atoms with E-state index >= 15 is 0 Å². The fraction of sp³-hybridized carbons (Fsp3) is 0.0667. The third-order valence-corrected chi connectivity index (χ3v) is 3.43. The number of fused-ring (bicyclic) bond motifs is 1. The van der Waals surface area contributed by atoms with Crippen LogP contribution in [0.5, 0.6) is 5.75 Å². The van der Waals surface area contributed by atoms with Gasteiger partial charge >= 0.3 is 5.69 Å². The monoisotopic (exact) mass is 302 g/mol. The largest absolute Gasteiger partial charge is 0.497 e. The van der Waals surface area contributed by atoms with Crippen LogP contribution in [0.4, 0.5) is 0 Å². The summed E-state index contributed by atoms with van der Waals surface area (Å²) >= 11 is 5.87. The number of H-pyrrole nitrogens is 1. The second-order valence-electron chi connectivity index (χ2n) is 4.46. The van der Waals surface area contributed by atoms with Gasteiger partial charge in [-0.3, -0.25) is 4.79 Å². The first-order valence-electron chi connectivity index (χ1n) is 6.19. The fourth-order valence-corrected chi connectivity index (χ4v) is 2.33. The maximum Gasteiger partial charge on any atom is 0.333 e. The molecule has 0 radical (unpaired) electrons. The van der Waals surface area contributed by atoms with Crippen molar-refractivity contribution in [2.75, 3.05) is 7.11 Å². The molecular formula is C15H11ClN2O3. The zero-order valence-electron chi connectivity index (χ0n) is 11.1. The lowest BCUT2D eigenvalue weighted by molar-refractivity contribution is 0.414. The van der Waals surface area contributed by atoms with Gasteiger partial charge in [0.1, 0.15) is 5.75 Å². The molecule has 1 N–H and O–H groups in total. The molecule has 5 nitrogen and oxygen atoms in total. The number of hydrogen-bond donors (Lipinski definition) is 1. The number of aromatic nitrogens is 2. The molecule has 0 atom stereocenters. The number of nitrogens with one attached hydrogen (secondary N) is 1. The lowest BCUT2D eigenvalue weighted by Gasteiger charge is -2.07. The lowest BCUT2D eigenvalue weighted by atomic mass is 10.2. The molecule has 106 valence electrons. The third-order valence-electron chi connectivity index (χ3n) is 3.19. The molecule has 3 rings (SSSR count). The Balaban J connectivity index is 2.29. The van der Waals surface area contributed by atoms with E-state index in [0.29, 0.717) is 27.4 Å². The number of nitrogens with zero attached hydrogens (tertiary/aromatic N) is 1. The Bertz CT molecular complexity index is 926. The van der Waals surface area contributed by atoms with Gasteiger partial charge < -0.3 is 9.72 Å². The molecule has 0 aliphatic rings. The minimum Gasteiger partial charge on any atom is -0.497 e. The lowest BCUT2D eigenvalue weighted by Crippen LogP contribution is -2.33. The van der Waals surface area contributed by atoms with Crippen LogP contribution in [-0.4, -0.2) is 16.7 Å². The highest BCUT2D eigenvalue weighted by atomic mass is 35.5. The first kappa shape index (κ1) is 13.5. The van der Waals surface area contributed by atoms with E-state index < -0.39 is 11.2 Å². The normalized spacial score (nSPS) is 10.8. The number of aromatic amines is 1. The fourth-order valence-electron chi connectivity index (χ4n) is 2.16. The van der Waals surface area contributed by atoms with E-state index in [1.54, 1.807) is 49.6 Å². The maximum absolute atomic E-state index is 12.5. The van der Waals surface area contributed by atoms with Gasteiger partial charge in [0.25, 0.3) is 5.56 Å². The van der Waals surface area contributed by atoms with E-state index in [9.17, 15) is 9.59 Å². The van der Waals surface area contributed by atoms with Gasteiger partial charge in [-0.1, -0.05) is 11.6 Å². The van der Waals surface area contributed by atoms with Crippen LogP contribution in [0.25, 0.3) is 16.6 Å². The van der Waals surface area contributed by atoms with Gasteiger partial charge in [-0.2, -0.15) is 0 Å². The Morgan fingerprint density at radius 2 is 1.81 bits per heavy atom. The van der Waals surface area contributed by atoms with Gasteiger partial charge in [0.15, 0.2) is 0 Å². The van der Waals surface area contributed by atoms with E-state index in [-0.39, 0.29) is 0 Å². The number of rotatable bonds is 2. The molecule has 3 aromatic rings. The van der Waals surface area contributed by atoms with E-state index in [2.05, 4.69) is 4.98 Å². The Morgan fingerprint density at radius 3 is 2.48 bits per heavy atom. The minimum atomic E-state index is -0.514. The molecule has 0 unspecified atom stereocenters. The Morgan fingerprint density at radius 1 is 1.10 bits per heavy atom. The predicted molar refractivity (Wildman–Crippen MR) is 81.7 cm³/mol. The highest BCUT2D eigenvalue weighted by Gasteiger charge is 2.09. The SMILES string of the molecule is COc1ccc(-n2c(=O)[nH]c3cc(Cl)ccc3c2=O)cc1. The zero-order valence-corrected chi connectivity index (χ0v) is 11.8. The molecule has 0 saturated carbocycles. The van der Waals surface area contributed by atoms with Gasteiger partial charge in [-0.25, -0.2) is 9.36 Å². The van der Waals surface area contributed by atoms with Crippen molar-refractivity contribution < 1.29 is 4.74 Å². The summed E-state index contributed by atoms with van der Waals surface area (Å²) in [6.45, 7) is 0. The average molecular weight is 303 g/mol. The summed E-state index contributed by atoms with van der Waals surface area (Å²) in [5.41, 5.74) is -0.0170. The summed E-state index contributed by atoms with van der Waals surface area (Å²) in [6, 6.07) is 11.4. The van der Waals surface area contributed by atoms with Crippen LogP contribution in [0, 0.1) is 0 Å². The van der Waals surface area contributed by atoms with Crippen LogP contribution in [0.1, 0.15) is 0 Å². The molecule has 0 saturated heterocycles. The topological polar surface area (TPSA) is 64.1 Å². The predicted octanol–water partition coefficient (Wildman–Crippen LogP) is 2.34. The van der Waals surface area contributed by atoms with Gasteiger partial charge in [0.2, 0.25) is 0 Å². The van der Waals surface area contributed by atoms with E-state index in [1.165, 1.54) is 0 Å². The highest BCUT2D eigenvalue weighted by molar-refractivity contribution is 6.31. The van der Waals surface area contributed by atoms with E-state index in [1.807, 2.05) is 0 Å². The number of ether oxygens (including phenoxy) is 1. The van der Waals surface area contributed by atoms with Crippen LogP contribution < -0.4 is 16.0 Å². The van der Waals surface area contributed by atoms with Gasteiger partial charge in [-0.15, -0.1) is 0 Å². The van der Waals surface area contributed by atoms with Crippen molar-refractivity contribution >= 4 is 22.5 Å². The molecule has 0 spiro atoms. The van der Waals surface area contributed by atoms with Crippen molar-refractivity contribution in [1.82, 2.24) is 9.55 Å². The van der Waals surface area contributed by atoms with E-state index in [0.717, 1.165) is 4.57 Å². The molecular weight excluding hydrogens is 292 g/mol. The van der Waals surface area contributed by atoms with Crippen molar-refractivity contribution in [3.8, 4) is 11.4 Å². The number of benzene rings is 2. The van der Waals surface area contributed by atoms with Crippen LogP contribution in [0.2, 0.25) is 5.02 Å². The second-order valence-corrected chi connectivity index (χ2v) is 4.90. The quantitative estimate of drug-likeness (QED) is 0.790. The maximum atomic E-state index is 12.5. The minimum absolute atomic E-state index is 0.393. The van der Waals surface area contributed by atoms with Crippen LogP contribution in [-0.2, 0) is 0 Å². The summed E-state index contributed by atoms with van der Waals surface area (Å²) in [5, 5.41) is 0.856. The number of hydrogen-bond acceptors (Lipinski definition) is 3. The van der Waals surface area contributed by atoms with Crippen molar-refractivity contribution in [1.29, 1.82) is 0 Å². The zero-order chi connectivity index (χ0) is 15.0. The Labute approximate surface area is 124 Å². The average Bonchev–Trinajstić information content (AvgIpc) is 2.47. The van der Waals surface area contributed by atoms with Crippen LogP contribution in [0.15, 0.2) is 52.1 Å². The molecule has 0 aliphatic carbocycles. The summed E-state index contributed by atoms with van der Waals surface area (Å²) in [4.78, 5) is 27.3. The van der Waals surface area contributed by atoms with Gasteiger partial charge in [-0.05, 0) is 42.5 Å². The van der Waals surface area contributed by atoms with Crippen molar-refractivity contribution in [2.45, 2.75) is 0 Å². The van der Waals surface area contributed by atoms with Crippen molar-refractivity contribution in [2.24, 2.45) is 0 Å². The molecule has 21 heavy (non-hydrogen) atoms. The third kappa shape index (κ3) is 2.32. The summed E-state index contributed by atoms with van der Waals surface area (Å²) in [6.07, 6.45) is 0. The van der Waals surface area contributed by atoms with E-state index in [4.69, 9.17) is 16.3 Å². The Hall–Kier alpha value is -2.53. The molecule has 6 heteroatoms. The first-order valence-corrected chi connectivity index (χ1v) is 6.57. The molecule has 0 amide bonds.